The number of Topliss-reactive ketones (excluding diaryl/α,β-unsaturated/α-hetero) is 1. The van der Waals surface area contributed by atoms with Crippen molar-refractivity contribution < 1.29 is 19.1 Å². The molecule has 4 rings (SSSR count). The third-order valence-corrected chi connectivity index (χ3v) is 5.66. The molecular formula is C25H25NO4. The van der Waals surface area contributed by atoms with Gasteiger partial charge >= 0.3 is 5.97 Å². The van der Waals surface area contributed by atoms with Crippen LogP contribution in [0.3, 0.4) is 0 Å². The Morgan fingerprint density at radius 2 is 1.80 bits per heavy atom. The number of ketones is 1. The molecular weight excluding hydrogens is 378 g/mol. The summed E-state index contributed by atoms with van der Waals surface area (Å²) in [5.41, 5.74) is 4.63. The van der Waals surface area contributed by atoms with Gasteiger partial charge in [-0.3, -0.25) is 4.79 Å². The summed E-state index contributed by atoms with van der Waals surface area (Å²) in [6.45, 7) is 2.06. The van der Waals surface area contributed by atoms with Crippen LogP contribution in [0.2, 0.25) is 0 Å². The molecule has 30 heavy (non-hydrogen) atoms. The molecule has 2 aliphatic rings. The fraction of sp³-hybridized carbons (Fsp3) is 0.280. The number of hydrogen-bond acceptors (Lipinski definition) is 5. The Morgan fingerprint density at radius 3 is 2.50 bits per heavy atom. The largest absolute Gasteiger partial charge is 0.497 e. The van der Waals surface area contributed by atoms with Crippen LogP contribution in [0, 0.1) is 0 Å². The molecule has 1 atom stereocenters. The number of dihydropyridines is 1. The molecule has 1 aliphatic heterocycles. The normalized spacial score (nSPS) is 18.6. The van der Waals surface area contributed by atoms with Crippen LogP contribution < -0.4 is 10.1 Å². The lowest BCUT2D eigenvalue weighted by Crippen LogP contribution is -2.34. The van der Waals surface area contributed by atoms with E-state index >= 15 is 0 Å². The van der Waals surface area contributed by atoms with Gasteiger partial charge < -0.3 is 14.8 Å². The van der Waals surface area contributed by atoms with Crippen LogP contribution in [0.1, 0.15) is 43.2 Å². The molecule has 5 nitrogen and oxygen atoms in total. The molecule has 2 aromatic rings. The summed E-state index contributed by atoms with van der Waals surface area (Å²) in [6.07, 6.45) is 2.12. The number of rotatable bonds is 5. The molecule has 0 unspecified atom stereocenters. The number of allylic oxidation sites excluding steroid dienone is 3. The molecule has 0 saturated carbocycles. The molecule has 1 aliphatic carbocycles. The number of ether oxygens (including phenoxy) is 2. The Morgan fingerprint density at radius 1 is 1.07 bits per heavy atom. The predicted molar refractivity (Wildman–Crippen MR) is 114 cm³/mol. The van der Waals surface area contributed by atoms with Crippen LogP contribution in [0.4, 0.5) is 0 Å². The van der Waals surface area contributed by atoms with Crippen molar-refractivity contribution >= 4 is 11.8 Å². The number of methoxy groups -OCH3 is 1. The van der Waals surface area contributed by atoms with Gasteiger partial charge in [-0.1, -0.05) is 42.5 Å². The Hall–Kier alpha value is -3.34. The highest BCUT2D eigenvalue weighted by molar-refractivity contribution is 6.03. The van der Waals surface area contributed by atoms with Crippen molar-refractivity contribution in [1.29, 1.82) is 0 Å². The topological polar surface area (TPSA) is 64.6 Å². The second kappa shape index (κ2) is 8.57. The summed E-state index contributed by atoms with van der Waals surface area (Å²) in [5, 5.41) is 3.31. The molecule has 0 radical (unpaired) electrons. The van der Waals surface area contributed by atoms with Crippen LogP contribution in [0.5, 0.6) is 5.75 Å². The molecule has 0 bridgehead atoms. The van der Waals surface area contributed by atoms with Crippen molar-refractivity contribution in [2.45, 2.75) is 38.7 Å². The number of hydrogen-bond donors (Lipinski definition) is 1. The average molecular weight is 403 g/mol. The highest BCUT2D eigenvalue weighted by atomic mass is 16.5. The second-order valence-corrected chi connectivity index (χ2v) is 7.60. The highest BCUT2D eigenvalue weighted by Gasteiger charge is 2.39. The van der Waals surface area contributed by atoms with E-state index < -0.39 is 11.9 Å². The Labute approximate surface area is 176 Å². The third kappa shape index (κ3) is 3.88. The van der Waals surface area contributed by atoms with Gasteiger partial charge in [0, 0.05) is 29.3 Å². The minimum Gasteiger partial charge on any atom is -0.497 e. The number of carbonyl (C=O) groups excluding carboxylic acids is 2. The van der Waals surface area contributed by atoms with E-state index in [1.54, 1.807) is 7.11 Å². The minimum absolute atomic E-state index is 0.0884. The lowest BCUT2D eigenvalue weighted by atomic mass is 9.75. The maximum absolute atomic E-state index is 13.2. The molecule has 154 valence electrons. The van der Waals surface area contributed by atoms with Gasteiger partial charge in [-0.15, -0.1) is 0 Å². The average Bonchev–Trinajstić information content (AvgIpc) is 2.77. The summed E-state index contributed by atoms with van der Waals surface area (Å²) in [6, 6.07) is 17.1. The molecule has 0 fully saturated rings. The van der Waals surface area contributed by atoms with Crippen LogP contribution in [0.25, 0.3) is 0 Å². The molecule has 0 aromatic heterocycles. The van der Waals surface area contributed by atoms with Crippen molar-refractivity contribution in [2.24, 2.45) is 0 Å². The summed E-state index contributed by atoms with van der Waals surface area (Å²) < 4.78 is 10.9. The number of esters is 1. The van der Waals surface area contributed by atoms with Crippen LogP contribution in [0.15, 0.2) is 77.1 Å². The first-order valence-corrected chi connectivity index (χ1v) is 10.2. The molecule has 1 heterocycles. The smallest absolute Gasteiger partial charge is 0.337 e. The summed E-state index contributed by atoms with van der Waals surface area (Å²) in [5.74, 6) is -0.0333. The standard InChI is InChI=1S/C25H25NO4/c1-16-22(25(28)30-15-17-7-4-3-5-8-17)23(18-11-13-19(29-2)14-12-18)24-20(26-16)9-6-10-21(24)27/h3-5,7-8,11-14,23,26H,6,9-10,15H2,1-2H3/t23-/m1/s1. The van der Waals surface area contributed by atoms with E-state index in [9.17, 15) is 9.59 Å². The zero-order chi connectivity index (χ0) is 21.1. The van der Waals surface area contributed by atoms with Gasteiger partial charge in [-0.05, 0) is 43.0 Å². The maximum Gasteiger partial charge on any atom is 0.337 e. The summed E-state index contributed by atoms with van der Waals surface area (Å²) in [7, 11) is 1.61. The second-order valence-electron chi connectivity index (χ2n) is 7.60. The molecule has 5 heteroatoms. The first kappa shape index (κ1) is 20.0. The van der Waals surface area contributed by atoms with E-state index in [4.69, 9.17) is 9.47 Å². The highest BCUT2D eigenvalue weighted by Crippen LogP contribution is 2.42. The third-order valence-electron chi connectivity index (χ3n) is 5.66. The summed E-state index contributed by atoms with van der Waals surface area (Å²) in [4.78, 5) is 26.1. The number of benzene rings is 2. The van der Waals surface area contributed by atoms with E-state index in [-0.39, 0.29) is 12.4 Å². The zero-order valence-electron chi connectivity index (χ0n) is 17.2. The fourth-order valence-electron chi connectivity index (χ4n) is 4.18. The van der Waals surface area contributed by atoms with Gasteiger partial charge in [0.2, 0.25) is 0 Å². The van der Waals surface area contributed by atoms with Crippen LogP contribution in [-0.2, 0) is 20.9 Å². The van der Waals surface area contributed by atoms with E-state index in [2.05, 4.69) is 5.32 Å². The van der Waals surface area contributed by atoms with E-state index in [1.807, 2.05) is 61.5 Å². The first-order valence-electron chi connectivity index (χ1n) is 10.2. The Balaban J connectivity index is 1.70. The predicted octanol–water partition coefficient (Wildman–Crippen LogP) is 4.41. The maximum atomic E-state index is 13.2. The quantitative estimate of drug-likeness (QED) is 0.750. The van der Waals surface area contributed by atoms with Crippen molar-refractivity contribution in [1.82, 2.24) is 5.32 Å². The monoisotopic (exact) mass is 403 g/mol. The number of nitrogens with one attached hydrogen (secondary N) is 1. The SMILES string of the molecule is COc1ccc([C@@H]2C(C(=O)OCc3ccccc3)=C(C)NC3=C2C(=O)CCC3)cc1. The van der Waals surface area contributed by atoms with E-state index in [1.165, 1.54) is 0 Å². The molecule has 0 spiro atoms. The summed E-state index contributed by atoms with van der Waals surface area (Å²) >= 11 is 0. The first-order chi connectivity index (χ1) is 14.6. The van der Waals surface area contributed by atoms with Gasteiger partial charge in [0.05, 0.1) is 12.7 Å². The Bertz CT molecular complexity index is 1020. The fourth-order valence-corrected chi connectivity index (χ4v) is 4.18. The zero-order valence-corrected chi connectivity index (χ0v) is 17.2. The van der Waals surface area contributed by atoms with Crippen LogP contribution in [-0.4, -0.2) is 18.9 Å². The molecule has 1 N–H and O–H groups in total. The Kier molecular flexibility index (Phi) is 5.70. The van der Waals surface area contributed by atoms with Gasteiger partial charge in [0.25, 0.3) is 0 Å². The van der Waals surface area contributed by atoms with Gasteiger partial charge in [-0.25, -0.2) is 4.79 Å². The van der Waals surface area contributed by atoms with Crippen LogP contribution >= 0.6 is 0 Å². The van der Waals surface area contributed by atoms with Crippen molar-refractivity contribution in [3.63, 3.8) is 0 Å². The van der Waals surface area contributed by atoms with E-state index in [0.29, 0.717) is 17.6 Å². The van der Waals surface area contributed by atoms with Crippen molar-refractivity contribution in [2.75, 3.05) is 7.11 Å². The lowest BCUT2D eigenvalue weighted by molar-refractivity contribution is -0.140. The molecule has 0 amide bonds. The molecule has 0 saturated heterocycles. The molecule has 2 aromatic carbocycles. The van der Waals surface area contributed by atoms with Gasteiger partial charge in [-0.2, -0.15) is 0 Å². The van der Waals surface area contributed by atoms with Gasteiger partial charge in [0.15, 0.2) is 5.78 Å². The lowest BCUT2D eigenvalue weighted by Gasteiger charge is -2.34. The van der Waals surface area contributed by atoms with E-state index in [0.717, 1.165) is 41.1 Å². The number of carbonyl (C=O) groups is 2. The van der Waals surface area contributed by atoms with Crippen molar-refractivity contribution in [3.05, 3.63) is 88.3 Å². The van der Waals surface area contributed by atoms with Gasteiger partial charge in [0.1, 0.15) is 12.4 Å². The minimum atomic E-state index is -0.441. The van der Waals surface area contributed by atoms with Crippen molar-refractivity contribution in [3.8, 4) is 5.75 Å².